The largest absolute Gasteiger partial charge is 0.477 e. The van der Waals surface area contributed by atoms with E-state index in [1.807, 2.05) is 6.07 Å². The molecule has 1 aliphatic heterocycles. The fourth-order valence-electron chi connectivity index (χ4n) is 1.86. The summed E-state index contributed by atoms with van der Waals surface area (Å²) in [6.45, 7) is 3.63. The van der Waals surface area contributed by atoms with Gasteiger partial charge in [-0.25, -0.2) is 4.79 Å². The Kier molecular flexibility index (Phi) is 5.18. The maximum absolute atomic E-state index is 11.0. The van der Waals surface area contributed by atoms with Crippen molar-refractivity contribution in [3.63, 3.8) is 0 Å². The van der Waals surface area contributed by atoms with E-state index >= 15 is 0 Å². The number of carbonyl (C=O) groups is 1. The van der Waals surface area contributed by atoms with Crippen molar-refractivity contribution < 1.29 is 19.4 Å². The molecule has 104 valence electrons. The van der Waals surface area contributed by atoms with Crippen LogP contribution in [-0.2, 0) is 9.53 Å². The standard InChI is InChI=1S/C14H19NO4/c16-13(17)14(19-12-6-2-1-3-7-12)18-11-5-10-15-8-4-9-15/h1-3,6-7,14H,4-5,8-11H2,(H,16,17). The first-order valence-corrected chi connectivity index (χ1v) is 6.54. The third-order valence-electron chi connectivity index (χ3n) is 3.02. The number of hydrogen-bond acceptors (Lipinski definition) is 4. The molecule has 1 atom stereocenters. The van der Waals surface area contributed by atoms with Gasteiger partial charge in [-0.3, -0.25) is 0 Å². The van der Waals surface area contributed by atoms with Crippen molar-refractivity contribution in [2.24, 2.45) is 0 Å². The highest BCUT2D eigenvalue weighted by atomic mass is 16.7. The number of hydrogen-bond donors (Lipinski definition) is 1. The lowest BCUT2D eigenvalue weighted by atomic mass is 10.2. The number of ether oxygens (including phenoxy) is 2. The lowest BCUT2D eigenvalue weighted by molar-refractivity contribution is -0.171. The van der Waals surface area contributed by atoms with E-state index in [1.54, 1.807) is 24.3 Å². The van der Waals surface area contributed by atoms with Gasteiger partial charge in [0.2, 0.25) is 0 Å². The van der Waals surface area contributed by atoms with Gasteiger partial charge in [0.05, 0.1) is 6.61 Å². The molecular formula is C14H19NO4. The second kappa shape index (κ2) is 7.11. The van der Waals surface area contributed by atoms with Crippen LogP contribution >= 0.6 is 0 Å². The average molecular weight is 265 g/mol. The minimum atomic E-state index is -1.24. The number of para-hydroxylation sites is 1. The summed E-state index contributed by atoms with van der Waals surface area (Å²) in [6, 6.07) is 8.84. The predicted molar refractivity (Wildman–Crippen MR) is 70.1 cm³/mol. The number of aliphatic carboxylic acids is 1. The predicted octanol–water partition coefficient (Wildman–Crippen LogP) is 1.59. The molecule has 5 heteroatoms. The Balaban J connectivity index is 1.71. The second-order valence-electron chi connectivity index (χ2n) is 4.52. The quantitative estimate of drug-likeness (QED) is 0.571. The molecule has 2 rings (SSSR count). The first kappa shape index (κ1) is 13.8. The van der Waals surface area contributed by atoms with Crippen LogP contribution in [0, 0.1) is 0 Å². The van der Waals surface area contributed by atoms with Gasteiger partial charge >= 0.3 is 5.97 Å². The minimum absolute atomic E-state index is 0.389. The summed E-state index contributed by atoms with van der Waals surface area (Å²) in [5, 5.41) is 9.04. The van der Waals surface area contributed by atoms with Crippen molar-refractivity contribution in [1.29, 1.82) is 0 Å². The highest BCUT2D eigenvalue weighted by Crippen LogP contribution is 2.12. The number of carboxylic acid groups (broad SMARTS) is 1. The highest BCUT2D eigenvalue weighted by Gasteiger charge is 2.20. The van der Waals surface area contributed by atoms with Gasteiger partial charge in [0.1, 0.15) is 5.75 Å². The first-order valence-electron chi connectivity index (χ1n) is 6.54. The molecule has 5 nitrogen and oxygen atoms in total. The Morgan fingerprint density at radius 2 is 2.05 bits per heavy atom. The molecule has 1 fully saturated rings. The van der Waals surface area contributed by atoms with Crippen LogP contribution in [0.5, 0.6) is 5.75 Å². The summed E-state index contributed by atoms with van der Waals surface area (Å²) in [5.74, 6) is -0.606. The summed E-state index contributed by atoms with van der Waals surface area (Å²) in [4.78, 5) is 13.4. The fourth-order valence-corrected chi connectivity index (χ4v) is 1.86. The van der Waals surface area contributed by atoms with Crippen LogP contribution in [0.1, 0.15) is 12.8 Å². The van der Waals surface area contributed by atoms with Gasteiger partial charge in [0, 0.05) is 6.54 Å². The second-order valence-corrected chi connectivity index (χ2v) is 4.52. The number of rotatable bonds is 8. The van der Waals surface area contributed by atoms with Crippen molar-refractivity contribution in [1.82, 2.24) is 4.90 Å². The maximum atomic E-state index is 11.0. The summed E-state index contributed by atoms with van der Waals surface area (Å²) >= 11 is 0. The maximum Gasteiger partial charge on any atom is 0.373 e. The molecule has 1 aromatic carbocycles. The van der Waals surface area contributed by atoms with E-state index < -0.39 is 12.3 Å². The minimum Gasteiger partial charge on any atom is -0.477 e. The molecule has 1 saturated heterocycles. The van der Waals surface area contributed by atoms with Gasteiger partial charge in [0.15, 0.2) is 0 Å². The molecule has 1 aliphatic rings. The number of benzene rings is 1. The molecule has 1 unspecified atom stereocenters. The normalized spacial score (nSPS) is 16.6. The third kappa shape index (κ3) is 4.54. The molecule has 1 N–H and O–H groups in total. The topological polar surface area (TPSA) is 59.0 Å². The molecule has 0 aliphatic carbocycles. The number of likely N-dealkylation sites (tertiary alicyclic amines) is 1. The molecule has 0 spiro atoms. The summed E-state index contributed by atoms with van der Waals surface area (Å²) in [7, 11) is 0. The van der Waals surface area contributed by atoms with E-state index in [2.05, 4.69) is 4.90 Å². The molecule has 0 saturated carbocycles. The van der Waals surface area contributed by atoms with E-state index in [-0.39, 0.29) is 0 Å². The van der Waals surface area contributed by atoms with Crippen LogP contribution in [0.15, 0.2) is 30.3 Å². The first-order chi connectivity index (χ1) is 9.25. The molecule has 1 heterocycles. The molecule has 0 aromatic heterocycles. The number of nitrogens with zero attached hydrogens (tertiary/aromatic N) is 1. The van der Waals surface area contributed by atoms with Gasteiger partial charge in [-0.15, -0.1) is 0 Å². The zero-order chi connectivity index (χ0) is 13.5. The summed E-state index contributed by atoms with van der Waals surface area (Å²) in [5.41, 5.74) is 0. The summed E-state index contributed by atoms with van der Waals surface area (Å²) < 4.78 is 10.6. The van der Waals surface area contributed by atoms with Gasteiger partial charge in [-0.1, -0.05) is 18.2 Å². The van der Waals surface area contributed by atoms with E-state index in [0.29, 0.717) is 12.4 Å². The lowest BCUT2D eigenvalue weighted by Gasteiger charge is -2.30. The van der Waals surface area contributed by atoms with Crippen LogP contribution in [0.3, 0.4) is 0 Å². The fraction of sp³-hybridized carbons (Fsp3) is 0.500. The molecule has 19 heavy (non-hydrogen) atoms. The average Bonchev–Trinajstić information content (AvgIpc) is 2.36. The van der Waals surface area contributed by atoms with E-state index in [4.69, 9.17) is 14.6 Å². The zero-order valence-corrected chi connectivity index (χ0v) is 10.8. The lowest BCUT2D eigenvalue weighted by Crippen LogP contribution is -2.38. The Labute approximate surface area is 112 Å². The monoisotopic (exact) mass is 265 g/mol. The Morgan fingerprint density at radius 1 is 1.32 bits per heavy atom. The third-order valence-corrected chi connectivity index (χ3v) is 3.02. The van der Waals surface area contributed by atoms with Crippen LogP contribution in [0.4, 0.5) is 0 Å². The van der Waals surface area contributed by atoms with E-state index in [0.717, 1.165) is 26.1 Å². The van der Waals surface area contributed by atoms with Crippen molar-refractivity contribution >= 4 is 5.97 Å². The summed E-state index contributed by atoms with van der Waals surface area (Å²) in [6.07, 6.45) is 0.844. The van der Waals surface area contributed by atoms with Crippen LogP contribution in [0.25, 0.3) is 0 Å². The van der Waals surface area contributed by atoms with Gasteiger partial charge < -0.3 is 19.5 Å². The molecule has 0 radical (unpaired) electrons. The van der Waals surface area contributed by atoms with Crippen LogP contribution in [0.2, 0.25) is 0 Å². The van der Waals surface area contributed by atoms with Crippen molar-refractivity contribution in [3.05, 3.63) is 30.3 Å². The number of carboxylic acids is 1. The zero-order valence-electron chi connectivity index (χ0n) is 10.8. The van der Waals surface area contributed by atoms with Gasteiger partial charge in [0.25, 0.3) is 6.29 Å². The highest BCUT2D eigenvalue weighted by molar-refractivity contribution is 5.71. The van der Waals surface area contributed by atoms with Crippen molar-refractivity contribution in [2.75, 3.05) is 26.2 Å². The molecule has 0 bridgehead atoms. The molecule has 1 aromatic rings. The van der Waals surface area contributed by atoms with Gasteiger partial charge in [-0.05, 0) is 38.1 Å². The van der Waals surface area contributed by atoms with E-state index in [1.165, 1.54) is 6.42 Å². The SMILES string of the molecule is O=C(O)C(OCCCN1CCC1)Oc1ccccc1. The van der Waals surface area contributed by atoms with Gasteiger partial charge in [-0.2, -0.15) is 0 Å². The van der Waals surface area contributed by atoms with Crippen LogP contribution in [-0.4, -0.2) is 48.5 Å². The van der Waals surface area contributed by atoms with E-state index in [9.17, 15) is 4.79 Å². The molecular weight excluding hydrogens is 246 g/mol. The smallest absolute Gasteiger partial charge is 0.373 e. The Hall–Kier alpha value is -1.59. The van der Waals surface area contributed by atoms with Crippen molar-refractivity contribution in [3.8, 4) is 5.75 Å². The Morgan fingerprint density at radius 3 is 2.63 bits per heavy atom. The Bertz CT molecular complexity index is 392. The van der Waals surface area contributed by atoms with Crippen LogP contribution < -0.4 is 4.74 Å². The van der Waals surface area contributed by atoms with Crippen molar-refractivity contribution in [2.45, 2.75) is 19.1 Å². The molecule has 0 amide bonds.